The minimum Gasteiger partial charge on any atom is -0.492 e. The Morgan fingerprint density at radius 2 is 1.81 bits per heavy atom. The minimum atomic E-state index is -0.234. The molecule has 3 nitrogen and oxygen atoms in total. The molecule has 0 aliphatic carbocycles. The molecule has 21 heavy (non-hydrogen) atoms. The summed E-state index contributed by atoms with van der Waals surface area (Å²) in [4.78, 5) is 12.4. The Kier molecular flexibility index (Phi) is 5.23. The third-order valence-electron chi connectivity index (χ3n) is 2.83. The molecule has 1 amide bonds. The number of nitrogens with one attached hydrogen (secondary N) is 1. The molecule has 110 valence electrons. The fourth-order valence-corrected chi connectivity index (χ4v) is 1.97. The van der Waals surface area contributed by atoms with Crippen LogP contribution in [-0.4, -0.2) is 12.5 Å². The molecule has 0 saturated carbocycles. The number of para-hydroxylation sites is 2. The van der Waals surface area contributed by atoms with Gasteiger partial charge in [0.25, 0.3) is 5.91 Å². The number of carbonyl (C=O) groups is 1. The SMILES string of the molecule is CC(C)COc1ccccc1C(=O)Nc1ccccc1Cl. The fourth-order valence-electron chi connectivity index (χ4n) is 1.79. The predicted molar refractivity (Wildman–Crippen MR) is 86.2 cm³/mol. The molecule has 2 aromatic carbocycles. The molecular weight excluding hydrogens is 286 g/mol. The first-order chi connectivity index (χ1) is 10.1. The quantitative estimate of drug-likeness (QED) is 0.874. The van der Waals surface area contributed by atoms with Crippen LogP contribution in [0.2, 0.25) is 5.02 Å². The number of rotatable bonds is 5. The number of hydrogen-bond acceptors (Lipinski definition) is 2. The van der Waals surface area contributed by atoms with Gasteiger partial charge in [-0.2, -0.15) is 0 Å². The van der Waals surface area contributed by atoms with Gasteiger partial charge in [0.15, 0.2) is 0 Å². The van der Waals surface area contributed by atoms with Gasteiger partial charge in [-0.15, -0.1) is 0 Å². The summed E-state index contributed by atoms with van der Waals surface area (Å²) in [5.41, 5.74) is 1.08. The van der Waals surface area contributed by atoms with Crippen molar-refractivity contribution in [3.8, 4) is 5.75 Å². The van der Waals surface area contributed by atoms with Gasteiger partial charge >= 0.3 is 0 Å². The Morgan fingerprint density at radius 1 is 1.14 bits per heavy atom. The Bertz CT molecular complexity index is 626. The molecule has 0 saturated heterocycles. The fraction of sp³-hybridized carbons (Fsp3) is 0.235. The predicted octanol–water partition coefficient (Wildman–Crippen LogP) is 4.63. The molecule has 4 heteroatoms. The van der Waals surface area contributed by atoms with Crippen molar-refractivity contribution in [2.75, 3.05) is 11.9 Å². The van der Waals surface area contributed by atoms with E-state index in [0.717, 1.165) is 0 Å². The third kappa shape index (κ3) is 4.23. The number of carbonyl (C=O) groups excluding carboxylic acids is 1. The molecule has 2 aromatic rings. The molecule has 0 bridgehead atoms. The summed E-state index contributed by atoms with van der Waals surface area (Å²) in [6, 6.07) is 14.3. The van der Waals surface area contributed by atoms with E-state index < -0.39 is 0 Å². The Morgan fingerprint density at radius 3 is 2.52 bits per heavy atom. The molecule has 0 radical (unpaired) electrons. The average Bonchev–Trinajstić information content (AvgIpc) is 2.47. The van der Waals surface area contributed by atoms with Gasteiger partial charge in [0.05, 0.1) is 22.9 Å². The van der Waals surface area contributed by atoms with Crippen molar-refractivity contribution in [1.29, 1.82) is 0 Å². The second-order valence-corrected chi connectivity index (χ2v) is 5.54. The van der Waals surface area contributed by atoms with E-state index in [2.05, 4.69) is 19.2 Å². The van der Waals surface area contributed by atoms with Crippen LogP contribution in [0.5, 0.6) is 5.75 Å². The maximum atomic E-state index is 12.4. The van der Waals surface area contributed by atoms with Crippen LogP contribution in [0.4, 0.5) is 5.69 Å². The van der Waals surface area contributed by atoms with Gasteiger partial charge in [0, 0.05) is 0 Å². The Hall–Kier alpha value is -2.00. The van der Waals surface area contributed by atoms with Crippen molar-refractivity contribution < 1.29 is 9.53 Å². The van der Waals surface area contributed by atoms with E-state index in [1.54, 1.807) is 24.3 Å². The van der Waals surface area contributed by atoms with E-state index in [-0.39, 0.29) is 5.91 Å². The summed E-state index contributed by atoms with van der Waals surface area (Å²) < 4.78 is 5.69. The monoisotopic (exact) mass is 303 g/mol. The molecule has 0 atom stereocenters. The van der Waals surface area contributed by atoms with Crippen molar-refractivity contribution in [2.24, 2.45) is 5.92 Å². The van der Waals surface area contributed by atoms with Gasteiger partial charge in [-0.3, -0.25) is 4.79 Å². The summed E-state index contributed by atoms with van der Waals surface area (Å²) in [5.74, 6) is 0.739. The molecule has 0 aliphatic rings. The second kappa shape index (κ2) is 7.14. The molecule has 0 aliphatic heterocycles. The van der Waals surface area contributed by atoms with E-state index in [0.29, 0.717) is 34.5 Å². The maximum absolute atomic E-state index is 12.4. The molecule has 2 rings (SSSR count). The lowest BCUT2D eigenvalue weighted by atomic mass is 10.1. The average molecular weight is 304 g/mol. The van der Waals surface area contributed by atoms with Crippen LogP contribution < -0.4 is 10.1 Å². The number of benzene rings is 2. The first-order valence-corrected chi connectivity index (χ1v) is 7.23. The zero-order chi connectivity index (χ0) is 15.2. The van der Waals surface area contributed by atoms with Gasteiger partial charge in [0.2, 0.25) is 0 Å². The number of anilines is 1. The van der Waals surface area contributed by atoms with Crippen LogP contribution in [0.15, 0.2) is 48.5 Å². The van der Waals surface area contributed by atoms with Crippen molar-refractivity contribution in [3.05, 3.63) is 59.1 Å². The summed E-state index contributed by atoms with van der Waals surface area (Å²) in [6.07, 6.45) is 0. The highest BCUT2D eigenvalue weighted by Gasteiger charge is 2.13. The van der Waals surface area contributed by atoms with E-state index in [1.807, 2.05) is 24.3 Å². The zero-order valence-corrected chi connectivity index (χ0v) is 12.9. The first kappa shape index (κ1) is 15.4. The summed E-state index contributed by atoms with van der Waals surface area (Å²) in [7, 11) is 0. The van der Waals surface area contributed by atoms with E-state index in [9.17, 15) is 4.79 Å². The van der Waals surface area contributed by atoms with Gasteiger partial charge in [0.1, 0.15) is 5.75 Å². The number of halogens is 1. The summed E-state index contributed by atoms with van der Waals surface area (Å²) in [5, 5.41) is 3.31. The van der Waals surface area contributed by atoms with Crippen molar-refractivity contribution in [3.63, 3.8) is 0 Å². The third-order valence-corrected chi connectivity index (χ3v) is 3.16. The van der Waals surface area contributed by atoms with Crippen LogP contribution >= 0.6 is 11.6 Å². The Balaban J connectivity index is 2.17. The van der Waals surface area contributed by atoms with E-state index in [1.165, 1.54) is 0 Å². The molecule has 0 heterocycles. The molecule has 0 unspecified atom stereocenters. The molecular formula is C17H18ClNO2. The van der Waals surface area contributed by atoms with Crippen LogP contribution in [0.25, 0.3) is 0 Å². The molecule has 0 fully saturated rings. The number of amides is 1. The largest absolute Gasteiger partial charge is 0.492 e. The van der Waals surface area contributed by atoms with E-state index >= 15 is 0 Å². The normalized spacial score (nSPS) is 10.5. The second-order valence-electron chi connectivity index (χ2n) is 5.13. The summed E-state index contributed by atoms with van der Waals surface area (Å²) in [6.45, 7) is 4.69. The Labute approximate surface area is 129 Å². The number of hydrogen-bond donors (Lipinski definition) is 1. The lowest BCUT2D eigenvalue weighted by Crippen LogP contribution is -2.15. The highest BCUT2D eigenvalue weighted by molar-refractivity contribution is 6.33. The topological polar surface area (TPSA) is 38.3 Å². The van der Waals surface area contributed by atoms with Crippen molar-refractivity contribution in [2.45, 2.75) is 13.8 Å². The smallest absolute Gasteiger partial charge is 0.259 e. The molecule has 0 aromatic heterocycles. The molecule has 0 spiro atoms. The maximum Gasteiger partial charge on any atom is 0.259 e. The van der Waals surface area contributed by atoms with Gasteiger partial charge < -0.3 is 10.1 Å². The van der Waals surface area contributed by atoms with Gasteiger partial charge in [-0.1, -0.05) is 49.7 Å². The van der Waals surface area contributed by atoms with Crippen LogP contribution in [0.1, 0.15) is 24.2 Å². The van der Waals surface area contributed by atoms with E-state index in [4.69, 9.17) is 16.3 Å². The lowest BCUT2D eigenvalue weighted by Gasteiger charge is -2.13. The zero-order valence-electron chi connectivity index (χ0n) is 12.1. The van der Waals surface area contributed by atoms with Crippen molar-refractivity contribution >= 4 is 23.2 Å². The van der Waals surface area contributed by atoms with Crippen LogP contribution in [-0.2, 0) is 0 Å². The molecule has 1 N–H and O–H groups in total. The number of ether oxygens (including phenoxy) is 1. The first-order valence-electron chi connectivity index (χ1n) is 6.85. The minimum absolute atomic E-state index is 0.234. The van der Waals surface area contributed by atoms with Gasteiger partial charge in [-0.25, -0.2) is 0 Å². The lowest BCUT2D eigenvalue weighted by molar-refractivity contribution is 0.102. The van der Waals surface area contributed by atoms with Crippen LogP contribution in [0, 0.1) is 5.92 Å². The van der Waals surface area contributed by atoms with Gasteiger partial charge in [-0.05, 0) is 30.2 Å². The standard InChI is InChI=1S/C17H18ClNO2/c1-12(2)11-21-16-10-6-3-7-13(16)17(20)19-15-9-5-4-8-14(15)18/h3-10,12H,11H2,1-2H3,(H,19,20). The van der Waals surface area contributed by atoms with Crippen molar-refractivity contribution in [1.82, 2.24) is 0 Å². The highest BCUT2D eigenvalue weighted by Crippen LogP contribution is 2.24. The van der Waals surface area contributed by atoms with Crippen LogP contribution in [0.3, 0.4) is 0 Å². The highest BCUT2D eigenvalue weighted by atomic mass is 35.5. The summed E-state index contributed by atoms with van der Waals surface area (Å²) >= 11 is 6.05.